The van der Waals surface area contributed by atoms with E-state index in [0.29, 0.717) is 18.1 Å². The van der Waals surface area contributed by atoms with Gasteiger partial charge >= 0.3 is 0 Å². The van der Waals surface area contributed by atoms with Crippen molar-refractivity contribution in [3.63, 3.8) is 0 Å². The summed E-state index contributed by atoms with van der Waals surface area (Å²) in [6.45, 7) is 6.87. The molecule has 3 heteroatoms. The Morgan fingerprint density at radius 2 is 2.20 bits per heavy atom. The van der Waals surface area contributed by atoms with E-state index >= 15 is 0 Å². The minimum atomic E-state index is 0.336. The lowest BCUT2D eigenvalue weighted by atomic mass is 10.1. The van der Waals surface area contributed by atoms with Gasteiger partial charge in [-0.05, 0) is 32.2 Å². The predicted octanol–water partition coefficient (Wildman–Crippen LogP) is 1.82. The molecule has 0 aromatic carbocycles. The maximum atomic E-state index is 5.70. The molecule has 0 aromatic rings. The molecule has 2 unspecified atom stereocenters. The number of hydrogen-bond donors (Lipinski definition) is 1. The molecule has 1 aliphatic rings. The average molecular weight is 215 g/mol. The Balaban J connectivity index is 2.08. The summed E-state index contributed by atoms with van der Waals surface area (Å²) < 4.78 is 11.3. The molecule has 0 aliphatic carbocycles. The molecular formula is C12H25NO2. The summed E-state index contributed by atoms with van der Waals surface area (Å²) >= 11 is 0. The van der Waals surface area contributed by atoms with Crippen LogP contribution in [0.2, 0.25) is 0 Å². The Morgan fingerprint density at radius 1 is 1.40 bits per heavy atom. The second kappa shape index (κ2) is 7.20. The highest BCUT2D eigenvalue weighted by Crippen LogP contribution is 2.13. The summed E-state index contributed by atoms with van der Waals surface area (Å²) in [4.78, 5) is 0. The van der Waals surface area contributed by atoms with Gasteiger partial charge in [-0.1, -0.05) is 13.8 Å². The van der Waals surface area contributed by atoms with Crippen molar-refractivity contribution in [1.82, 2.24) is 5.32 Å². The molecule has 1 aliphatic heterocycles. The van der Waals surface area contributed by atoms with Crippen LogP contribution in [0.25, 0.3) is 0 Å². The molecule has 90 valence electrons. The van der Waals surface area contributed by atoms with E-state index in [1.165, 1.54) is 12.8 Å². The zero-order valence-electron chi connectivity index (χ0n) is 10.3. The first-order chi connectivity index (χ1) is 7.24. The third-order valence-electron chi connectivity index (χ3n) is 3.05. The summed E-state index contributed by atoms with van der Waals surface area (Å²) in [5, 5.41) is 3.27. The number of nitrogens with one attached hydrogen (secondary N) is 1. The summed E-state index contributed by atoms with van der Waals surface area (Å²) in [5.74, 6) is 0.613. The molecule has 0 aromatic heterocycles. The van der Waals surface area contributed by atoms with E-state index < -0.39 is 0 Å². The lowest BCUT2D eigenvalue weighted by Crippen LogP contribution is -2.36. The van der Waals surface area contributed by atoms with Crippen molar-refractivity contribution in [2.45, 2.75) is 45.3 Å². The quantitative estimate of drug-likeness (QED) is 0.733. The van der Waals surface area contributed by atoms with Gasteiger partial charge in [0, 0.05) is 12.6 Å². The molecule has 1 N–H and O–H groups in total. The van der Waals surface area contributed by atoms with Crippen LogP contribution in [0.5, 0.6) is 0 Å². The fourth-order valence-corrected chi connectivity index (χ4v) is 1.87. The standard InChI is InChI=1S/C12H25NO2/c1-10(2)12(13-3)9-14-8-11-6-4-5-7-15-11/h10-13H,4-9H2,1-3H3. The van der Waals surface area contributed by atoms with Crippen LogP contribution in [-0.2, 0) is 9.47 Å². The molecule has 15 heavy (non-hydrogen) atoms. The Bertz CT molecular complexity index is 156. The Labute approximate surface area is 93.5 Å². The Hall–Kier alpha value is -0.120. The first-order valence-corrected chi connectivity index (χ1v) is 6.10. The van der Waals surface area contributed by atoms with Gasteiger partial charge < -0.3 is 14.8 Å². The van der Waals surface area contributed by atoms with Crippen molar-refractivity contribution in [2.24, 2.45) is 5.92 Å². The highest BCUT2D eigenvalue weighted by molar-refractivity contribution is 4.68. The van der Waals surface area contributed by atoms with Gasteiger partial charge in [0.25, 0.3) is 0 Å². The van der Waals surface area contributed by atoms with Crippen molar-refractivity contribution in [2.75, 3.05) is 26.9 Å². The second-order valence-corrected chi connectivity index (χ2v) is 4.67. The highest BCUT2D eigenvalue weighted by atomic mass is 16.5. The van der Waals surface area contributed by atoms with Crippen LogP contribution in [0.4, 0.5) is 0 Å². The van der Waals surface area contributed by atoms with Crippen LogP contribution in [-0.4, -0.2) is 39.0 Å². The summed E-state index contributed by atoms with van der Waals surface area (Å²) in [6, 6.07) is 0.452. The van der Waals surface area contributed by atoms with Crippen molar-refractivity contribution >= 4 is 0 Å². The van der Waals surface area contributed by atoms with Gasteiger partial charge in [0.05, 0.1) is 19.3 Å². The van der Waals surface area contributed by atoms with Gasteiger partial charge in [-0.3, -0.25) is 0 Å². The van der Waals surface area contributed by atoms with Crippen LogP contribution >= 0.6 is 0 Å². The SMILES string of the molecule is CNC(COCC1CCCCO1)C(C)C. The van der Waals surface area contributed by atoms with Gasteiger partial charge in [-0.2, -0.15) is 0 Å². The Kier molecular flexibility index (Phi) is 6.22. The maximum absolute atomic E-state index is 5.70. The topological polar surface area (TPSA) is 30.5 Å². The minimum Gasteiger partial charge on any atom is -0.377 e. The zero-order chi connectivity index (χ0) is 11.1. The summed E-state index contributed by atoms with van der Waals surface area (Å²) in [7, 11) is 1.99. The molecule has 1 rings (SSSR count). The smallest absolute Gasteiger partial charge is 0.0808 e. The van der Waals surface area contributed by atoms with Crippen LogP contribution in [0, 0.1) is 5.92 Å². The van der Waals surface area contributed by atoms with E-state index in [9.17, 15) is 0 Å². The largest absolute Gasteiger partial charge is 0.377 e. The first kappa shape index (κ1) is 12.9. The normalized spacial score (nSPS) is 24.4. The third kappa shape index (κ3) is 4.96. The molecule has 1 heterocycles. The van der Waals surface area contributed by atoms with Crippen molar-refractivity contribution in [3.8, 4) is 0 Å². The molecule has 1 fully saturated rings. The van der Waals surface area contributed by atoms with Gasteiger partial charge in [-0.25, -0.2) is 0 Å². The molecule has 0 bridgehead atoms. The Morgan fingerprint density at radius 3 is 2.73 bits per heavy atom. The molecule has 0 spiro atoms. The zero-order valence-corrected chi connectivity index (χ0v) is 10.3. The lowest BCUT2D eigenvalue weighted by Gasteiger charge is -2.25. The third-order valence-corrected chi connectivity index (χ3v) is 3.05. The van der Waals surface area contributed by atoms with Crippen LogP contribution < -0.4 is 5.32 Å². The molecular weight excluding hydrogens is 190 g/mol. The van der Waals surface area contributed by atoms with E-state index in [1.54, 1.807) is 0 Å². The van der Waals surface area contributed by atoms with E-state index in [2.05, 4.69) is 19.2 Å². The van der Waals surface area contributed by atoms with Crippen molar-refractivity contribution in [3.05, 3.63) is 0 Å². The molecule has 2 atom stereocenters. The maximum Gasteiger partial charge on any atom is 0.0808 e. The number of hydrogen-bond acceptors (Lipinski definition) is 3. The summed E-state index contributed by atoms with van der Waals surface area (Å²) in [6.07, 6.45) is 3.99. The predicted molar refractivity (Wildman–Crippen MR) is 62.1 cm³/mol. The molecule has 0 saturated carbocycles. The first-order valence-electron chi connectivity index (χ1n) is 6.10. The number of rotatable bonds is 6. The molecule has 0 radical (unpaired) electrons. The van der Waals surface area contributed by atoms with Gasteiger partial charge in [-0.15, -0.1) is 0 Å². The molecule has 1 saturated heterocycles. The second-order valence-electron chi connectivity index (χ2n) is 4.67. The highest BCUT2D eigenvalue weighted by Gasteiger charge is 2.16. The monoisotopic (exact) mass is 215 g/mol. The fourth-order valence-electron chi connectivity index (χ4n) is 1.87. The van der Waals surface area contributed by atoms with Crippen LogP contribution in [0.1, 0.15) is 33.1 Å². The summed E-state index contributed by atoms with van der Waals surface area (Å²) in [5.41, 5.74) is 0. The van der Waals surface area contributed by atoms with E-state index in [1.807, 2.05) is 7.05 Å². The minimum absolute atomic E-state index is 0.336. The van der Waals surface area contributed by atoms with E-state index in [4.69, 9.17) is 9.47 Å². The number of ether oxygens (including phenoxy) is 2. The van der Waals surface area contributed by atoms with Gasteiger partial charge in [0.1, 0.15) is 0 Å². The van der Waals surface area contributed by atoms with Crippen molar-refractivity contribution < 1.29 is 9.47 Å². The molecule has 0 amide bonds. The van der Waals surface area contributed by atoms with Gasteiger partial charge in [0.2, 0.25) is 0 Å². The van der Waals surface area contributed by atoms with Gasteiger partial charge in [0.15, 0.2) is 0 Å². The fraction of sp³-hybridized carbons (Fsp3) is 1.00. The van der Waals surface area contributed by atoms with Crippen molar-refractivity contribution in [1.29, 1.82) is 0 Å². The molecule has 3 nitrogen and oxygen atoms in total. The lowest BCUT2D eigenvalue weighted by molar-refractivity contribution is -0.0456. The average Bonchev–Trinajstić information content (AvgIpc) is 2.25. The number of likely N-dealkylation sites (N-methyl/N-ethyl adjacent to an activating group) is 1. The van der Waals surface area contributed by atoms with Crippen LogP contribution in [0.3, 0.4) is 0 Å². The van der Waals surface area contributed by atoms with E-state index in [0.717, 1.165) is 26.2 Å². The van der Waals surface area contributed by atoms with Crippen LogP contribution in [0.15, 0.2) is 0 Å². The van der Waals surface area contributed by atoms with E-state index in [-0.39, 0.29) is 0 Å².